The molecular formula is C18H14ClN3O3. The standard InChI is InChI=1S/C18H14ClN3O3/c19-13-6-4-11(5-7-13)10-20-17(24)15-9-16(21-22-18(15)25)12-2-1-3-14(23)8-12/h1-9,23H,10H2,(H,20,24)(H,22,25). The van der Waals surface area contributed by atoms with Crippen LogP contribution in [0.25, 0.3) is 11.3 Å². The summed E-state index contributed by atoms with van der Waals surface area (Å²) in [5.74, 6) is -0.445. The smallest absolute Gasteiger partial charge is 0.277 e. The molecule has 0 atom stereocenters. The second-order valence-electron chi connectivity index (χ2n) is 5.36. The SMILES string of the molecule is O=C(NCc1ccc(Cl)cc1)c1cc(-c2cccc(O)c2)n[nH]c1=O. The summed E-state index contributed by atoms with van der Waals surface area (Å²) >= 11 is 5.82. The summed E-state index contributed by atoms with van der Waals surface area (Å²) < 4.78 is 0. The quantitative estimate of drug-likeness (QED) is 0.670. The molecular weight excluding hydrogens is 342 g/mol. The van der Waals surface area contributed by atoms with E-state index in [-0.39, 0.29) is 17.9 Å². The highest BCUT2D eigenvalue weighted by Crippen LogP contribution is 2.20. The molecule has 2 aromatic carbocycles. The largest absolute Gasteiger partial charge is 0.508 e. The number of aromatic nitrogens is 2. The number of rotatable bonds is 4. The Hall–Kier alpha value is -3.12. The number of aromatic hydroxyl groups is 1. The van der Waals surface area contributed by atoms with Crippen molar-refractivity contribution in [3.05, 3.63) is 81.1 Å². The molecule has 3 N–H and O–H groups in total. The van der Waals surface area contributed by atoms with Gasteiger partial charge >= 0.3 is 0 Å². The zero-order valence-corrected chi connectivity index (χ0v) is 13.7. The second kappa shape index (κ2) is 7.19. The molecule has 1 aromatic heterocycles. The van der Waals surface area contributed by atoms with Crippen molar-refractivity contribution >= 4 is 17.5 Å². The van der Waals surface area contributed by atoms with Crippen LogP contribution in [0.15, 0.2) is 59.4 Å². The highest BCUT2D eigenvalue weighted by Gasteiger charge is 2.13. The molecule has 0 unspecified atom stereocenters. The van der Waals surface area contributed by atoms with Gasteiger partial charge in [-0.2, -0.15) is 5.10 Å². The van der Waals surface area contributed by atoms with E-state index in [1.165, 1.54) is 18.2 Å². The highest BCUT2D eigenvalue weighted by atomic mass is 35.5. The van der Waals surface area contributed by atoms with Crippen LogP contribution < -0.4 is 10.9 Å². The monoisotopic (exact) mass is 355 g/mol. The molecule has 7 heteroatoms. The van der Waals surface area contributed by atoms with Crippen molar-refractivity contribution in [1.29, 1.82) is 0 Å². The number of phenolic OH excluding ortho intramolecular Hbond substituents is 1. The van der Waals surface area contributed by atoms with E-state index in [0.717, 1.165) is 5.56 Å². The molecule has 0 saturated heterocycles. The van der Waals surface area contributed by atoms with Crippen molar-refractivity contribution in [2.75, 3.05) is 0 Å². The molecule has 25 heavy (non-hydrogen) atoms. The number of carbonyl (C=O) groups excluding carboxylic acids is 1. The number of halogens is 1. The molecule has 6 nitrogen and oxygen atoms in total. The number of benzene rings is 2. The maximum absolute atomic E-state index is 12.3. The Morgan fingerprint density at radius 2 is 1.92 bits per heavy atom. The van der Waals surface area contributed by atoms with Crippen LogP contribution in [0, 0.1) is 0 Å². The zero-order valence-electron chi connectivity index (χ0n) is 13.0. The minimum absolute atomic E-state index is 0.0534. The molecule has 0 saturated carbocycles. The van der Waals surface area contributed by atoms with Crippen LogP contribution in [0.4, 0.5) is 0 Å². The van der Waals surface area contributed by atoms with Crippen molar-refractivity contribution in [3.63, 3.8) is 0 Å². The van der Waals surface area contributed by atoms with Gasteiger partial charge in [0.15, 0.2) is 0 Å². The third-order valence-corrected chi connectivity index (χ3v) is 3.81. The van der Waals surface area contributed by atoms with Gasteiger partial charge in [-0.1, -0.05) is 35.9 Å². The number of amides is 1. The summed E-state index contributed by atoms with van der Waals surface area (Å²) in [6.45, 7) is 0.263. The fraction of sp³-hybridized carbons (Fsp3) is 0.0556. The lowest BCUT2D eigenvalue weighted by Gasteiger charge is -2.07. The molecule has 126 valence electrons. The van der Waals surface area contributed by atoms with Crippen molar-refractivity contribution in [2.24, 2.45) is 0 Å². The first kappa shape index (κ1) is 16.7. The number of H-pyrrole nitrogens is 1. The highest BCUT2D eigenvalue weighted by molar-refractivity contribution is 6.30. The predicted molar refractivity (Wildman–Crippen MR) is 94.6 cm³/mol. The number of hydrogen-bond acceptors (Lipinski definition) is 4. The van der Waals surface area contributed by atoms with Crippen molar-refractivity contribution in [2.45, 2.75) is 6.54 Å². The average Bonchev–Trinajstić information content (AvgIpc) is 2.61. The molecule has 0 fully saturated rings. The summed E-state index contributed by atoms with van der Waals surface area (Å²) in [5.41, 5.74) is 1.19. The first-order valence-electron chi connectivity index (χ1n) is 7.45. The Balaban J connectivity index is 1.81. The predicted octanol–water partition coefficient (Wildman–Crippen LogP) is 2.73. The minimum atomic E-state index is -0.586. The van der Waals surface area contributed by atoms with Crippen LogP contribution in [-0.2, 0) is 6.54 Å². The Morgan fingerprint density at radius 1 is 1.16 bits per heavy atom. The van der Waals surface area contributed by atoms with Gasteiger partial charge in [-0.3, -0.25) is 9.59 Å². The first-order chi connectivity index (χ1) is 12.0. The van der Waals surface area contributed by atoms with Gasteiger partial charge in [-0.25, -0.2) is 5.10 Å². The van der Waals surface area contributed by atoms with Gasteiger partial charge in [0, 0.05) is 17.1 Å². The van der Waals surface area contributed by atoms with Gasteiger partial charge in [0.1, 0.15) is 11.3 Å². The summed E-state index contributed by atoms with van der Waals surface area (Å²) in [7, 11) is 0. The summed E-state index contributed by atoms with van der Waals surface area (Å²) in [5, 5.41) is 19.1. The van der Waals surface area contributed by atoms with Crippen molar-refractivity contribution < 1.29 is 9.90 Å². The molecule has 0 spiro atoms. The van der Waals surface area contributed by atoms with Gasteiger partial charge in [-0.15, -0.1) is 0 Å². The van der Waals surface area contributed by atoms with Crippen LogP contribution in [-0.4, -0.2) is 21.2 Å². The molecule has 1 amide bonds. The van der Waals surface area contributed by atoms with Crippen LogP contribution in [0.2, 0.25) is 5.02 Å². The lowest BCUT2D eigenvalue weighted by Crippen LogP contribution is -2.29. The Morgan fingerprint density at radius 3 is 2.64 bits per heavy atom. The number of carbonyl (C=O) groups is 1. The normalized spacial score (nSPS) is 10.4. The Kier molecular flexibility index (Phi) is 4.81. The van der Waals surface area contributed by atoms with Crippen molar-refractivity contribution in [3.8, 4) is 17.0 Å². The van der Waals surface area contributed by atoms with Gasteiger partial charge in [0.2, 0.25) is 0 Å². The third-order valence-electron chi connectivity index (χ3n) is 3.56. The second-order valence-corrected chi connectivity index (χ2v) is 5.79. The third kappa shape index (κ3) is 4.05. The van der Waals surface area contributed by atoms with Gasteiger partial charge < -0.3 is 10.4 Å². The molecule has 0 bridgehead atoms. The molecule has 0 aliphatic rings. The summed E-state index contributed by atoms with van der Waals surface area (Å²) in [4.78, 5) is 24.2. The van der Waals surface area contributed by atoms with E-state index in [1.54, 1.807) is 36.4 Å². The summed E-state index contributed by atoms with van der Waals surface area (Å²) in [6.07, 6.45) is 0. The van der Waals surface area contributed by atoms with E-state index < -0.39 is 11.5 Å². The van der Waals surface area contributed by atoms with E-state index in [4.69, 9.17) is 11.6 Å². The number of nitrogens with zero attached hydrogens (tertiary/aromatic N) is 1. The summed E-state index contributed by atoms with van der Waals surface area (Å²) in [6, 6.07) is 14.8. The van der Waals surface area contributed by atoms with E-state index in [9.17, 15) is 14.7 Å². The van der Waals surface area contributed by atoms with E-state index in [1.807, 2.05) is 0 Å². The maximum atomic E-state index is 12.3. The molecule has 0 aliphatic heterocycles. The van der Waals surface area contributed by atoms with Crippen LogP contribution in [0.5, 0.6) is 5.75 Å². The fourth-order valence-corrected chi connectivity index (χ4v) is 2.39. The minimum Gasteiger partial charge on any atom is -0.508 e. The maximum Gasteiger partial charge on any atom is 0.277 e. The average molecular weight is 356 g/mol. The lowest BCUT2D eigenvalue weighted by molar-refractivity contribution is 0.0949. The van der Waals surface area contributed by atoms with E-state index in [2.05, 4.69) is 15.5 Å². The van der Waals surface area contributed by atoms with E-state index >= 15 is 0 Å². The topological polar surface area (TPSA) is 95.1 Å². The van der Waals surface area contributed by atoms with Gasteiger partial charge in [-0.05, 0) is 35.9 Å². The van der Waals surface area contributed by atoms with Crippen LogP contribution >= 0.6 is 11.6 Å². The van der Waals surface area contributed by atoms with Gasteiger partial charge in [0.25, 0.3) is 11.5 Å². The molecule has 3 aromatic rings. The van der Waals surface area contributed by atoms with Crippen LogP contribution in [0.3, 0.4) is 0 Å². The number of phenols is 1. The lowest BCUT2D eigenvalue weighted by atomic mass is 10.1. The number of hydrogen-bond donors (Lipinski definition) is 3. The number of nitrogens with one attached hydrogen (secondary N) is 2. The fourth-order valence-electron chi connectivity index (χ4n) is 2.27. The van der Waals surface area contributed by atoms with Crippen molar-refractivity contribution in [1.82, 2.24) is 15.5 Å². The first-order valence-corrected chi connectivity index (χ1v) is 7.82. The molecule has 0 radical (unpaired) electrons. The Bertz CT molecular complexity index is 968. The van der Waals surface area contributed by atoms with Gasteiger partial charge in [0.05, 0.1) is 5.69 Å². The Labute approximate surface area is 148 Å². The molecule has 0 aliphatic carbocycles. The van der Waals surface area contributed by atoms with E-state index in [0.29, 0.717) is 16.3 Å². The zero-order chi connectivity index (χ0) is 17.8. The molecule has 3 rings (SSSR count). The van der Waals surface area contributed by atoms with Crippen LogP contribution in [0.1, 0.15) is 15.9 Å². The number of aromatic amines is 1. The molecule has 1 heterocycles.